The van der Waals surface area contributed by atoms with Crippen molar-refractivity contribution in [3.63, 3.8) is 0 Å². The Kier molecular flexibility index (Phi) is 4.19. The average Bonchev–Trinajstić information content (AvgIpc) is 2.84. The number of benzene rings is 1. The lowest BCUT2D eigenvalue weighted by Gasteiger charge is -2.15. The second-order valence-electron chi connectivity index (χ2n) is 3.99. The van der Waals surface area contributed by atoms with E-state index in [4.69, 9.17) is 5.73 Å². The van der Waals surface area contributed by atoms with Crippen molar-refractivity contribution < 1.29 is 8.42 Å². The molecule has 2 aromatic rings. The lowest BCUT2D eigenvalue weighted by atomic mass is 10.3. The molecule has 1 heterocycles. The van der Waals surface area contributed by atoms with Gasteiger partial charge in [0, 0.05) is 19.0 Å². The summed E-state index contributed by atoms with van der Waals surface area (Å²) in [6.45, 7) is 0. The summed E-state index contributed by atoms with van der Waals surface area (Å²) in [7, 11) is -0.523. The van der Waals surface area contributed by atoms with Crippen molar-refractivity contribution in [2.45, 2.75) is 14.0 Å². The van der Waals surface area contributed by atoms with Crippen molar-refractivity contribution in [3.05, 3.63) is 35.7 Å². The highest BCUT2D eigenvalue weighted by molar-refractivity contribution is 8.01. The van der Waals surface area contributed by atoms with Gasteiger partial charge in [0.1, 0.15) is 4.90 Å². The van der Waals surface area contributed by atoms with Gasteiger partial charge in [-0.1, -0.05) is 23.9 Å². The van der Waals surface area contributed by atoms with Crippen molar-refractivity contribution >= 4 is 38.8 Å². The van der Waals surface area contributed by atoms with E-state index in [1.807, 2.05) is 23.6 Å². The van der Waals surface area contributed by atoms with Gasteiger partial charge in [-0.25, -0.2) is 12.7 Å². The molecule has 0 bridgehead atoms. The Balaban J connectivity index is 2.44. The summed E-state index contributed by atoms with van der Waals surface area (Å²) >= 11 is 3.07. The van der Waals surface area contributed by atoms with Crippen LogP contribution >= 0.6 is 23.1 Å². The minimum absolute atomic E-state index is 0.152. The molecule has 0 unspecified atom stereocenters. The predicted octanol–water partition coefficient (Wildman–Crippen LogP) is 2.73. The predicted molar refractivity (Wildman–Crippen MR) is 80.2 cm³/mol. The van der Waals surface area contributed by atoms with E-state index in [0.29, 0.717) is 5.69 Å². The second-order valence-corrected chi connectivity index (χ2v) is 8.40. The third kappa shape index (κ3) is 2.94. The molecule has 19 heavy (non-hydrogen) atoms. The van der Waals surface area contributed by atoms with Crippen molar-refractivity contribution in [2.24, 2.45) is 0 Å². The number of sulfonamides is 1. The maximum atomic E-state index is 12.1. The highest BCUT2D eigenvalue weighted by Crippen LogP contribution is 2.37. The van der Waals surface area contributed by atoms with Crippen LogP contribution in [0.4, 0.5) is 5.69 Å². The second kappa shape index (κ2) is 5.54. The van der Waals surface area contributed by atoms with Crippen LogP contribution in [-0.4, -0.2) is 26.8 Å². The van der Waals surface area contributed by atoms with Crippen LogP contribution < -0.4 is 5.73 Å². The van der Waals surface area contributed by atoms with Gasteiger partial charge >= 0.3 is 0 Å². The fraction of sp³-hybridized carbons (Fsp3) is 0.167. The van der Waals surface area contributed by atoms with Crippen molar-refractivity contribution in [2.75, 3.05) is 19.8 Å². The molecule has 0 saturated carbocycles. The van der Waals surface area contributed by atoms with Gasteiger partial charge < -0.3 is 5.73 Å². The summed E-state index contributed by atoms with van der Waals surface area (Å²) < 4.78 is 26.5. The fourth-order valence-corrected chi connectivity index (χ4v) is 4.37. The number of hydrogen-bond acceptors (Lipinski definition) is 5. The summed E-state index contributed by atoms with van der Waals surface area (Å²) in [5.41, 5.74) is 6.30. The summed E-state index contributed by atoms with van der Waals surface area (Å²) in [6.07, 6.45) is 0. The standard InChI is InChI=1S/C12H14N2O2S3/c1-14(2)19(15,16)10-6-3-5-9(12(10)13)18-11-7-4-8-17-11/h3-8H,13H2,1-2H3. The lowest BCUT2D eigenvalue weighted by molar-refractivity contribution is 0.521. The molecule has 0 fully saturated rings. The molecular formula is C12H14N2O2S3. The third-order valence-corrected chi connectivity index (χ3v) is 6.48. The zero-order chi connectivity index (χ0) is 14.0. The number of thiophene rings is 1. The Hall–Kier alpha value is -1.02. The fourth-order valence-electron chi connectivity index (χ4n) is 1.46. The first-order valence-corrected chi connectivity index (χ1v) is 8.59. The molecule has 1 aromatic heterocycles. The quantitative estimate of drug-likeness (QED) is 0.881. The molecule has 4 nitrogen and oxygen atoms in total. The molecule has 0 spiro atoms. The Morgan fingerprint density at radius 2 is 1.95 bits per heavy atom. The van der Waals surface area contributed by atoms with Crippen LogP contribution in [0.5, 0.6) is 0 Å². The summed E-state index contributed by atoms with van der Waals surface area (Å²) in [6, 6.07) is 8.99. The number of rotatable bonds is 4. The van der Waals surface area contributed by atoms with Crippen LogP contribution in [0.25, 0.3) is 0 Å². The van der Waals surface area contributed by atoms with Gasteiger partial charge in [0.25, 0.3) is 0 Å². The molecule has 102 valence electrons. The molecular weight excluding hydrogens is 300 g/mol. The smallest absolute Gasteiger partial charge is 0.244 e. The number of nitrogens with two attached hydrogens (primary N) is 1. The van der Waals surface area contributed by atoms with E-state index in [1.54, 1.807) is 17.4 Å². The van der Waals surface area contributed by atoms with Crippen LogP contribution in [0.15, 0.2) is 49.7 Å². The van der Waals surface area contributed by atoms with E-state index < -0.39 is 10.0 Å². The first kappa shape index (κ1) is 14.4. The first-order chi connectivity index (χ1) is 8.93. The summed E-state index contributed by atoms with van der Waals surface area (Å²) in [5, 5.41) is 1.97. The van der Waals surface area contributed by atoms with Gasteiger partial charge in [0.05, 0.1) is 9.90 Å². The maximum Gasteiger partial charge on any atom is 0.244 e. The van der Waals surface area contributed by atoms with Crippen molar-refractivity contribution in [1.82, 2.24) is 4.31 Å². The number of para-hydroxylation sites is 1. The van der Waals surface area contributed by atoms with Gasteiger partial charge in [0.15, 0.2) is 0 Å². The zero-order valence-electron chi connectivity index (χ0n) is 10.5. The number of hydrogen-bond donors (Lipinski definition) is 1. The van der Waals surface area contributed by atoms with Gasteiger partial charge in [-0.2, -0.15) is 0 Å². The molecule has 0 aliphatic heterocycles. The van der Waals surface area contributed by atoms with Crippen LogP contribution in [-0.2, 0) is 10.0 Å². The van der Waals surface area contributed by atoms with E-state index in [2.05, 4.69) is 0 Å². The highest BCUT2D eigenvalue weighted by Gasteiger charge is 2.21. The van der Waals surface area contributed by atoms with Crippen LogP contribution in [0.1, 0.15) is 0 Å². The van der Waals surface area contributed by atoms with Crippen LogP contribution in [0.3, 0.4) is 0 Å². The minimum atomic E-state index is -3.51. The van der Waals surface area contributed by atoms with Crippen molar-refractivity contribution in [3.8, 4) is 0 Å². The monoisotopic (exact) mass is 314 g/mol. The minimum Gasteiger partial charge on any atom is -0.397 e. The molecule has 0 saturated heterocycles. The largest absolute Gasteiger partial charge is 0.397 e. The topological polar surface area (TPSA) is 63.4 Å². The third-order valence-electron chi connectivity index (χ3n) is 2.49. The average molecular weight is 314 g/mol. The lowest BCUT2D eigenvalue weighted by Crippen LogP contribution is -2.23. The highest BCUT2D eigenvalue weighted by atomic mass is 32.2. The molecule has 1 aromatic carbocycles. The molecule has 7 heteroatoms. The van der Waals surface area contributed by atoms with Gasteiger partial charge in [0.2, 0.25) is 10.0 Å². The van der Waals surface area contributed by atoms with Gasteiger partial charge in [-0.15, -0.1) is 11.3 Å². The van der Waals surface area contributed by atoms with E-state index in [-0.39, 0.29) is 4.90 Å². The SMILES string of the molecule is CN(C)S(=O)(=O)c1cccc(Sc2cccs2)c1N. The molecule has 0 amide bonds. The zero-order valence-corrected chi connectivity index (χ0v) is 13.0. The molecule has 0 aliphatic carbocycles. The Bertz CT molecular complexity index is 664. The molecule has 2 rings (SSSR count). The summed E-state index contributed by atoms with van der Waals surface area (Å²) in [4.78, 5) is 0.907. The number of nitrogens with zero attached hydrogens (tertiary/aromatic N) is 1. The molecule has 0 radical (unpaired) electrons. The van der Waals surface area contributed by atoms with E-state index in [9.17, 15) is 8.42 Å². The van der Waals surface area contributed by atoms with Crippen LogP contribution in [0.2, 0.25) is 0 Å². The van der Waals surface area contributed by atoms with E-state index in [1.165, 1.54) is 31.9 Å². The Morgan fingerprint density at radius 1 is 1.21 bits per heavy atom. The van der Waals surface area contributed by atoms with Crippen LogP contribution in [0, 0.1) is 0 Å². The maximum absolute atomic E-state index is 12.1. The summed E-state index contributed by atoms with van der Waals surface area (Å²) in [5.74, 6) is 0. The van der Waals surface area contributed by atoms with Gasteiger partial charge in [-0.05, 0) is 23.6 Å². The Labute approximate surface area is 121 Å². The van der Waals surface area contributed by atoms with Crippen molar-refractivity contribution in [1.29, 1.82) is 0 Å². The molecule has 0 atom stereocenters. The Morgan fingerprint density at radius 3 is 2.53 bits per heavy atom. The number of anilines is 1. The van der Waals surface area contributed by atoms with E-state index in [0.717, 1.165) is 13.4 Å². The molecule has 2 N–H and O–H groups in total. The van der Waals surface area contributed by atoms with Gasteiger partial charge in [-0.3, -0.25) is 0 Å². The molecule has 0 aliphatic rings. The normalized spacial score (nSPS) is 11.9. The first-order valence-electron chi connectivity index (χ1n) is 5.45. The number of nitrogen functional groups attached to an aromatic ring is 1. The van der Waals surface area contributed by atoms with E-state index >= 15 is 0 Å².